The lowest BCUT2D eigenvalue weighted by Gasteiger charge is -2.22. The summed E-state index contributed by atoms with van der Waals surface area (Å²) in [4.78, 5) is 24.1. The van der Waals surface area contributed by atoms with Gasteiger partial charge < -0.3 is 15.3 Å². The van der Waals surface area contributed by atoms with Gasteiger partial charge in [-0.3, -0.25) is 4.79 Å². The molecule has 1 aliphatic heterocycles. The molecule has 1 saturated heterocycles. The number of benzene rings is 1. The van der Waals surface area contributed by atoms with Crippen LogP contribution in [0.3, 0.4) is 0 Å². The van der Waals surface area contributed by atoms with Crippen molar-refractivity contribution in [1.29, 1.82) is 0 Å². The van der Waals surface area contributed by atoms with Crippen molar-refractivity contribution in [3.05, 3.63) is 35.1 Å². The summed E-state index contributed by atoms with van der Waals surface area (Å²) in [5, 5.41) is 11.4. The van der Waals surface area contributed by atoms with Crippen LogP contribution in [-0.4, -0.2) is 41.3 Å². The molecule has 2 N–H and O–H groups in total. The normalized spacial score (nSPS) is 21.9. The van der Waals surface area contributed by atoms with E-state index < -0.39 is 55.0 Å². The Kier molecular flexibility index (Phi) is 5.24. The van der Waals surface area contributed by atoms with Crippen LogP contribution in [0.1, 0.15) is 24.1 Å². The van der Waals surface area contributed by atoms with Crippen LogP contribution in [0.2, 0.25) is 0 Å². The maximum atomic E-state index is 13.6. The van der Waals surface area contributed by atoms with Crippen LogP contribution >= 0.6 is 0 Å². The molecule has 1 heterocycles. The Hall–Kier alpha value is -2.32. The zero-order valence-corrected chi connectivity index (χ0v) is 13.6. The van der Waals surface area contributed by atoms with E-state index in [0.717, 1.165) is 4.90 Å². The molecule has 0 saturated carbocycles. The highest BCUT2D eigenvalue weighted by molar-refractivity contribution is 5.78. The second kappa shape index (κ2) is 6.89. The fourth-order valence-electron chi connectivity index (χ4n) is 2.79. The number of likely N-dealkylation sites (tertiary alicyclic amines) is 1. The van der Waals surface area contributed by atoms with Gasteiger partial charge in [-0.1, -0.05) is 12.1 Å². The van der Waals surface area contributed by atoms with Crippen molar-refractivity contribution in [2.24, 2.45) is 11.8 Å². The van der Waals surface area contributed by atoms with E-state index in [9.17, 15) is 27.2 Å². The Morgan fingerprint density at radius 1 is 1.32 bits per heavy atom. The zero-order valence-electron chi connectivity index (χ0n) is 13.6. The Morgan fingerprint density at radius 2 is 1.96 bits per heavy atom. The lowest BCUT2D eigenvalue weighted by Crippen LogP contribution is -2.40. The molecule has 9 heteroatoms. The number of carbonyl (C=O) groups excluding carboxylic acids is 1. The molecule has 25 heavy (non-hydrogen) atoms. The maximum Gasteiger partial charge on any atom is 0.394 e. The van der Waals surface area contributed by atoms with Crippen molar-refractivity contribution in [2.45, 2.75) is 26.1 Å². The third-order valence-electron chi connectivity index (χ3n) is 4.38. The second-order valence-electron chi connectivity index (χ2n) is 6.18. The molecule has 5 nitrogen and oxygen atoms in total. The van der Waals surface area contributed by atoms with Gasteiger partial charge in [0.15, 0.2) is 0 Å². The van der Waals surface area contributed by atoms with Crippen molar-refractivity contribution in [3.63, 3.8) is 0 Å². The molecule has 1 fully saturated rings. The molecule has 2 amide bonds. The topological polar surface area (TPSA) is 69.6 Å². The summed E-state index contributed by atoms with van der Waals surface area (Å²) in [6.45, 7) is 1.89. The monoisotopic (exact) mass is 362 g/mol. The summed E-state index contributed by atoms with van der Waals surface area (Å²) < 4.78 is 52.4. The number of carbonyl (C=O) groups is 2. The quantitative estimate of drug-likeness (QED) is 0.812. The fourth-order valence-corrected chi connectivity index (χ4v) is 2.79. The molecule has 1 aliphatic rings. The van der Waals surface area contributed by atoms with Gasteiger partial charge in [0.2, 0.25) is 0 Å². The average Bonchev–Trinajstić information content (AvgIpc) is 2.95. The van der Waals surface area contributed by atoms with Crippen molar-refractivity contribution in [3.8, 4) is 0 Å². The third-order valence-corrected chi connectivity index (χ3v) is 4.38. The largest absolute Gasteiger partial charge is 0.481 e. The van der Waals surface area contributed by atoms with Crippen molar-refractivity contribution in [2.75, 3.05) is 13.1 Å². The van der Waals surface area contributed by atoms with Crippen LogP contribution in [0.25, 0.3) is 0 Å². The van der Waals surface area contributed by atoms with Gasteiger partial charge in [-0.15, -0.1) is 0 Å². The number of nitrogens with zero attached hydrogens (tertiary/aromatic N) is 1. The first-order chi connectivity index (χ1) is 11.5. The number of hydrogen-bond donors (Lipinski definition) is 2. The molecule has 2 rings (SSSR count). The fraction of sp³-hybridized carbons (Fsp3) is 0.500. The molecular formula is C16H18F4N2O3. The average molecular weight is 362 g/mol. The molecule has 0 spiro atoms. The number of urea groups is 1. The number of carboxylic acid groups (broad SMARTS) is 1. The molecule has 1 unspecified atom stereocenters. The summed E-state index contributed by atoms with van der Waals surface area (Å²) in [6, 6.07) is 2.92. The summed E-state index contributed by atoms with van der Waals surface area (Å²) in [5.41, 5.74) is 0.886. The number of alkyl halides is 3. The van der Waals surface area contributed by atoms with Gasteiger partial charge in [0, 0.05) is 13.1 Å². The molecule has 0 bridgehead atoms. The Labute approximate surface area is 141 Å². The van der Waals surface area contributed by atoms with Crippen LogP contribution in [0.5, 0.6) is 0 Å². The minimum absolute atomic E-state index is 0.430. The van der Waals surface area contributed by atoms with Gasteiger partial charge in [-0.05, 0) is 31.0 Å². The van der Waals surface area contributed by atoms with E-state index >= 15 is 0 Å². The van der Waals surface area contributed by atoms with E-state index in [-0.39, 0.29) is 0 Å². The van der Waals surface area contributed by atoms with Gasteiger partial charge in [0.1, 0.15) is 5.82 Å². The van der Waals surface area contributed by atoms with Crippen molar-refractivity contribution >= 4 is 12.0 Å². The lowest BCUT2D eigenvalue weighted by atomic mass is 9.96. The number of rotatable bonds is 3. The first-order valence-electron chi connectivity index (χ1n) is 7.61. The highest BCUT2D eigenvalue weighted by Gasteiger charge is 2.53. The van der Waals surface area contributed by atoms with E-state index in [1.165, 1.54) is 12.1 Å². The molecule has 138 valence electrons. The predicted octanol–water partition coefficient (Wildman–Crippen LogP) is 3.10. The van der Waals surface area contributed by atoms with E-state index in [1.807, 2.05) is 0 Å². The first-order valence-corrected chi connectivity index (χ1v) is 7.61. The molecule has 3 atom stereocenters. The molecule has 0 radical (unpaired) electrons. The summed E-state index contributed by atoms with van der Waals surface area (Å²) in [6.07, 6.45) is -4.70. The number of aliphatic carboxylic acids is 1. The number of nitrogens with one attached hydrogen (secondary N) is 1. The smallest absolute Gasteiger partial charge is 0.394 e. The van der Waals surface area contributed by atoms with Crippen LogP contribution in [0, 0.1) is 24.6 Å². The number of aryl methyl sites for hydroxylation is 1. The third kappa shape index (κ3) is 4.21. The maximum absolute atomic E-state index is 13.6. The molecule has 1 aromatic rings. The Balaban J connectivity index is 2.07. The highest BCUT2D eigenvalue weighted by Crippen LogP contribution is 2.37. The highest BCUT2D eigenvalue weighted by atomic mass is 19.4. The van der Waals surface area contributed by atoms with Gasteiger partial charge in [-0.2, -0.15) is 13.2 Å². The van der Waals surface area contributed by atoms with Crippen LogP contribution < -0.4 is 5.32 Å². The van der Waals surface area contributed by atoms with Crippen molar-refractivity contribution < 1.29 is 32.3 Å². The summed E-state index contributed by atoms with van der Waals surface area (Å²) >= 11 is 0. The first kappa shape index (κ1) is 19.0. The van der Waals surface area contributed by atoms with Crippen molar-refractivity contribution in [1.82, 2.24) is 10.2 Å². The summed E-state index contributed by atoms with van der Waals surface area (Å²) in [5.74, 6) is -5.85. The van der Waals surface area contributed by atoms with E-state index in [0.29, 0.717) is 11.1 Å². The van der Waals surface area contributed by atoms with Crippen LogP contribution in [-0.2, 0) is 4.79 Å². The number of hydrogen-bond acceptors (Lipinski definition) is 2. The van der Waals surface area contributed by atoms with Gasteiger partial charge in [0.05, 0.1) is 17.9 Å². The standard InChI is InChI=1S/C16H18F4N2O3/c1-8-3-4-10(5-13(8)17)9(2)21-15(25)22-6-11(14(23)24)12(7-22)16(18,19)20/h3-5,9,11-12H,6-7H2,1-2H3,(H,21,25)(H,23,24)/t9?,11-,12-/m1/s1. The minimum atomic E-state index is -4.70. The van der Waals surface area contributed by atoms with Gasteiger partial charge in [0.25, 0.3) is 0 Å². The predicted molar refractivity (Wildman–Crippen MR) is 80.3 cm³/mol. The summed E-state index contributed by atoms with van der Waals surface area (Å²) in [7, 11) is 0. The van der Waals surface area contributed by atoms with E-state index in [2.05, 4.69) is 5.32 Å². The zero-order chi connectivity index (χ0) is 18.9. The van der Waals surface area contributed by atoms with E-state index in [4.69, 9.17) is 5.11 Å². The molecular weight excluding hydrogens is 344 g/mol. The molecule has 0 aromatic heterocycles. The second-order valence-corrected chi connectivity index (χ2v) is 6.18. The van der Waals surface area contributed by atoms with Crippen LogP contribution in [0.15, 0.2) is 18.2 Å². The number of amides is 2. The Morgan fingerprint density at radius 3 is 2.44 bits per heavy atom. The van der Waals surface area contributed by atoms with E-state index in [1.54, 1.807) is 19.9 Å². The van der Waals surface area contributed by atoms with Gasteiger partial charge in [-0.25, -0.2) is 9.18 Å². The number of halogens is 4. The number of carboxylic acids is 1. The SMILES string of the molecule is Cc1ccc(C(C)NC(=O)N2C[C@@H](C(F)(F)F)[C@H](C(=O)O)C2)cc1F. The molecule has 0 aliphatic carbocycles. The minimum Gasteiger partial charge on any atom is -0.481 e. The molecule has 1 aromatic carbocycles. The van der Waals surface area contributed by atoms with Gasteiger partial charge >= 0.3 is 18.2 Å². The lowest BCUT2D eigenvalue weighted by molar-refractivity contribution is -0.187. The Bertz CT molecular complexity index is 678. The van der Waals surface area contributed by atoms with Crippen LogP contribution in [0.4, 0.5) is 22.4 Å².